The topological polar surface area (TPSA) is 14.1 Å². The van der Waals surface area contributed by atoms with Crippen molar-refractivity contribution in [1.29, 1.82) is 0 Å². The van der Waals surface area contributed by atoms with E-state index >= 15 is 0 Å². The Balaban J connectivity index is 2.30. The molecule has 0 amide bonds. The molecule has 0 N–H and O–H groups in total. The summed E-state index contributed by atoms with van der Waals surface area (Å²) in [6, 6.07) is 44.0. The van der Waals surface area contributed by atoms with Crippen molar-refractivity contribution < 1.29 is 0 Å². The van der Waals surface area contributed by atoms with Gasteiger partial charge in [-0.3, -0.25) is 0 Å². The highest BCUT2D eigenvalue weighted by Crippen LogP contribution is 2.50. The molecule has 0 saturated carbocycles. The molecule has 0 aliphatic heterocycles. The van der Waals surface area contributed by atoms with Crippen LogP contribution in [0.4, 0.5) is 0 Å². The molecule has 4 aromatic rings. The quantitative estimate of drug-likeness (QED) is 0.265. The average molecular weight is 443 g/mol. The first kappa shape index (κ1) is 21.7. The molecule has 156 valence electrons. The molecule has 3 heteroatoms. The highest BCUT2D eigenvalue weighted by atomic mass is 31.2. The normalized spacial score (nSPS) is 11.7. The molecule has 0 radical (unpaired) electrons. The fourth-order valence-electron chi connectivity index (χ4n) is 4.32. The minimum absolute atomic E-state index is 1.02. The van der Waals surface area contributed by atoms with Crippen LogP contribution in [0.25, 0.3) is 0 Å². The molecule has 1 nitrogen and oxygen atoms in total. The van der Waals surface area contributed by atoms with Gasteiger partial charge in [0.2, 0.25) is 0 Å². The number of benzene rings is 4. The molecular weight excluding hydrogens is 412 g/mol. The summed E-state index contributed by atoms with van der Waals surface area (Å²) < 4.78 is 6.08. The van der Waals surface area contributed by atoms with E-state index in [-0.39, 0.29) is 0 Å². The van der Waals surface area contributed by atoms with Crippen LogP contribution in [-0.2, 0) is 0 Å². The molecule has 0 aliphatic carbocycles. The maximum atomic E-state index is 6.08. The van der Waals surface area contributed by atoms with E-state index < -0.39 is 14.1 Å². The van der Waals surface area contributed by atoms with Gasteiger partial charge in [-0.2, -0.15) is 4.17 Å². The maximum absolute atomic E-state index is 6.08. The third-order valence-electron chi connectivity index (χ3n) is 5.95. The first-order valence-electron chi connectivity index (χ1n) is 11.0. The van der Waals surface area contributed by atoms with Crippen LogP contribution in [0.1, 0.15) is 13.8 Å². The van der Waals surface area contributed by atoms with Crippen molar-refractivity contribution in [2.75, 3.05) is 12.3 Å². The summed E-state index contributed by atoms with van der Waals surface area (Å²) in [4.78, 5) is 0. The summed E-state index contributed by atoms with van der Waals surface area (Å²) in [6.07, 6.45) is 2.03. The average Bonchev–Trinajstić information content (AvgIpc) is 2.87. The summed E-state index contributed by atoms with van der Waals surface area (Å²) in [5.74, 6) is 0. The highest BCUT2D eigenvalue weighted by molar-refractivity contribution is 7.87. The lowest BCUT2D eigenvalue weighted by Crippen LogP contribution is -2.24. The number of nitrogens with zero attached hydrogens (tertiary/aromatic N) is 1. The Morgan fingerprint density at radius 3 is 0.839 bits per heavy atom. The van der Waals surface area contributed by atoms with E-state index in [1.807, 2.05) is 0 Å². The van der Waals surface area contributed by atoms with E-state index in [1.165, 1.54) is 21.2 Å². The zero-order chi connectivity index (χ0) is 21.6. The highest BCUT2D eigenvalue weighted by Gasteiger charge is 2.39. The fourth-order valence-corrected chi connectivity index (χ4v) is 13.8. The monoisotopic (exact) mass is 442 g/mol. The van der Waals surface area contributed by atoms with Crippen LogP contribution < -0.4 is 25.4 Å². The molecule has 0 heterocycles. The van der Waals surface area contributed by atoms with Gasteiger partial charge in [0, 0.05) is 12.3 Å². The van der Waals surface area contributed by atoms with Gasteiger partial charge in [0.05, 0.1) is 21.2 Å². The van der Waals surface area contributed by atoms with Crippen molar-refractivity contribution in [3.8, 4) is 0 Å². The summed E-state index contributed by atoms with van der Waals surface area (Å²) in [6.45, 7) is 4.63. The molecule has 0 fully saturated rings. The number of hydrogen-bond donors (Lipinski definition) is 0. The first-order valence-corrected chi connectivity index (χ1v) is 14.8. The Morgan fingerprint density at radius 1 is 0.419 bits per heavy atom. The maximum Gasteiger partial charge on any atom is 0.272 e. The van der Waals surface area contributed by atoms with Gasteiger partial charge >= 0.3 is 0 Å². The number of rotatable bonds is 6. The molecule has 0 aromatic heterocycles. The van der Waals surface area contributed by atoms with Crippen molar-refractivity contribution in [3.63, 3.8) is 0 Å². The van der Waals surface area contributed by atoms with E-state index in [0.29, 0.717) is 0 Å². The molecule has 0 bridgehead atoms. The van der Waals surface area contributed by atoms with Gasteiger partial charge in [-0.05, 0) is 48.5 Å². The van der Waals surface area contributed by atoms with Crippen LogP contribution in [0.15, 0.2) is 121 Å². The molecule has 4 rings (SSSR count). The van der Waals surface area contributed by atoms with Gasteiger partial charge in [0.15, 0.2) is 0 Å². The van der Waals surface area contributed by atoms with Crippen LogP contribution in [0.5, 0.6) is 0 Å². The van der Waals surface area contributed by atoms with Crippen LogP contribution in [0, 0.1) is 0 Å². The lowest BCUT2D eigenvalue weighted by molar-refractivity contribution is 1.45. The molecule has 31 heavy (non-hydrogen) atoms. The predicted molar refractivity (Wildman–Crippen MR) is 141 cm³/mol. The van der Waals surface area contributed by atoms with Gasteiger partial charge in [0.25, 0.3) is 14.1 Å². The Hall–Kier alpha value is -2.55. The fraction of sp³-hybridized carbons (Fsp3) is 0.143. The molecule has 4 aromatic carbocycles. The van der Waals surface area contributed by atoms with E-state index in [9.17, 15) is 0 Å². The Morgan fingerprint density at radius 2 is 0.645 bits per heavy atom. The Kier molecular flexibility index (Phi) is 6.80. The molecule has 0 saturated heterocycles. The van der Waals surface area contributed by atoms with E-state index in [2.05, 4.69) is 135 Å². The second-order valence-corrected chi connectivity index (χ2v) is 14.7. The molecule has 0 spiro atoms. The standard InChI is InChI=1S/C28H30NP2/c1-3-30(25-17-9-5-10-18-25,26-19-11-6-12-20-26)29-31(4-2,27-21-13-7-14-22-27)28-23-15-8-16-24-28/h5-24H,3-4H2,1-2H3/q+1. The van der Waals surface area contributed by atoms with Gasteiger partial charge in [-0.15, -0.1) is 0 Å². The van der Waals surface area contributed by atoms with Crippen molar-refractivity contribution in [2.24, 2.45) is 0 Å². The second-order valence-electron chi connectivity index (χ2n) is 7.60. The van der Waals surface area contributed by atoms with Crippen molar-refractivity contribution >= 4 is 35.3 Å². The van der Waals surface area contributed by atoms with Gasteiger partial charge in [-0.1, -0.05) is 86.6 Å². The zero-order valence-electron chi connectivity index (χ0n) is 18.3. The van der Waals surface area contributed by atoms with E-state index in [1.54, 1.807) is 0 Å². The van der Waals surface area contributed by atoms with Crippen LogP contribution in [0.2, 0.25) is 0 Å². The molecule has 0 atom stereocenters. The minimum Gasteiger partial charge on any atom is -0.157 e. The van der Waals surface area contributed by atoms with E-state index in [4.69, 9.17) is 4.17 Å². The minimum atomic E-state index is -1.98. The summed E-state index contributed by atoms with van der Waals surface area (Å²) in [7, 11) is -3.95. The van der Waals surface area contributed by atoms with Gasteiger partial charge in [0.1, 0.15) is 0 Å². The smallest absolute Gasteiger partial charge is 0.157 e. The summed E-state index contributed by atoms with van der Waals surface area (Å²) in [5.41, 5.74) is 0. The third-order valence-corrected chi connectivity index (χ3v) is 14.8. The summed E-state index contributed by atoms with van der Waals surface area (Å²) >= 11 is 0. The Bertz CT molecular complexity index is 1040. The van der Waals surface area contributed by atoms with Crippen molar-refractivity contribution in [3.05, 3.63) is 121 Å². The molecule has 0 aliphatic rings. The van der Waals surface area contributed by atoms with Crippen molar-refractivity contribution in [2.45, 2.75) is 13.8 Å². The van der Waals surface area contributed by atoms with Crippen LogP contribution in [0.3, 0.4) is 0 Å². The van der Waals surface area contributed by atoms with Crippen LogP contribution in [-0.4, -0.2) is 12.3 Å². The second kappa shape index (κ2) is 9.72. The lowest BCUT2D eigenvalue weighted by atomic mass is 10.4. The Labute approximate surface area is 186 Å². The van der Waals surface area contributed by atoms with Gasteiger partial charge < -0.3 is 0 Å². The number of hydrogen-bond acceptors (Lipinski definition) is 0. The summed E-state index contributed by atoms with van der Waals surface area (Å²) in [5, 5.41) is 5.48. The zero-order valence-corrected chi connectivity index (χ0v) is 20.1. The predicted octanol–water partition coefficient (Wildman–Crippen LogP) is 5.80. The molecule has 0 unspecified atom stereocenters. The third kappa shape index (κ3) is 4.15. The first-order chi connectivity index (χ1) is 15.2. The SMILES string of the molecule is CCP(=[N+]=P(CC)(c1ccccc1)c1ccccc1)(c1ccccc1)c1ccccc1. The van der Waals surface area contributed by atoms with Crippen molar-refractivity contribution in [1.82, 2.24) is 4.17 Å². The van der Waals surface area contributed by atoms with E-state index in [0.717, 1.165) is 12.3 Å². The van der Waals surface area contributed by atoms with Crippen LogP contribution >= 0.6 is 14.1 Å². The van der Waals surface area contributed by atoms with Gasteiger partial charge in [-0.25, -0.2) is 0 Å². The lowest BCUT2D eigenvalue weighted by Gasteiger charge is -2.18. The molecular formula is C28H30NP2+. The largest absolute Gasteiger partial charge is 0.272 e.